The summed E-state index contributed by atoms with van der Waals surface area (Å²) in [6.07, 6.45) is 1.64. The van der Waals surface area contributed by atoms with Crippen LogP contribution in [0.25, 0.3) is 5.52 Å². The Hall–Kier alpha value is -1.03. The SMILES string of the molecule is Cc1nc(Br)c2ccc(O)cn12. The third-order valence-corrected chi connectivity index (χ3v) is 2.34. The maximum Gasteiger partial charge on any atom is 0.132 e. The predicted octanol–water partition coefficient (Wildman–Crippen LogP) is 2.11. The zero-order valence-electron chi connectivity index (χ0n) is 6.45. The molecule has 0 amide bonds. The zero-order valence-corrected chi connectivity index (χ0v) is 8.04. The van der Waals surface area contributed by atoms with Crippen molar-refractivity contribution < 1.29 is 5.11 Å². The number of fused-ring (bicyclic) bond motifs is 1. The quantitative estimate of drug-likeness (QED) is 0.748. The van der Waals surface area contributed by atoms with Crippen LogP contribution in [-0.4, -0.2) is 14.5 Å². The summed E-state index contributed by atoms with van der Waals surface area (Å²) in [5.41, 5.74) is 0.963. The van der Waals surface area contributed by atoms with Crippen molar-refractivity contribution in [3.05, 3.63) is 28.8 Å². The molecule has 62 valence electrons. The van der Waals surface area contributed by atoms with Gasteiger partial charge in [0.1, 0.15) is 16.2 Å². The minimum absolute atomic E-state index is 0.246. The summed E-state index contributed by atoms with van der Waals surface area (Å²) in [5, 5.41) is 9.20. The van der Waals surface area contributed by atoms with Crippen LogP contribution in [0, 0.1) is 6.92 Å². The molecule has 0 bridgehead atoms. The second-order valence-electron chi connectivity index (χ2n) is 2.59. The van der Waals surface area contributed by atoms with E-state index in [1.54, 1.807) is 12.3 Å². The molecule has 1 N–H and O–H groups in total. The Kier molecular flexibility index (Phi) is 1.58. The van der Waals surface area contributed by atoms with E-state index in [1.165, 1.54) is 0 Å². The Morgan fingerprint density at radius 2 is 2.25 bits per heavy atom. The van der Waals surface area contributed by atoms with Gasteiger partial charge in [-0.05, 0) is 35.0 Å². The number of rotatable bonds is 0. The largest absolute Gasteiger partial charge is 0.506 e. The van der Waals surface area contributed by atoms with E-state index < -0.39 is 0 Å². The van der Waals surface area contributed by atoms with Gasteiger partial charge in [0.25, 0.3) is 0 Å². The van der Waals surface area contributed by atoms with Gasteiger partial charge in [-0.15, -0.1) is 0 Å². The lowest BCUT2D eigenvalue weighted by atomic mass is 10.4. The number of hydrogen-bond donors (Lipinski definition) is 1. The zero-order chi connectivity index (χ0) is 8.72. The van der Waals surface area contributed by atoms with Gasteiger partial charge in [-0.2, -0.15) is 0 Å². The van der Waals surface area contributed by atoms with Gasteiger partial charge in [-0.25, -0.2) is 4.98 Å². The Morgan fingerprint density at radius 1 is 1.50 bits per heavy atom. The third-order valence-electron chi connectivity index (χ3n) is 1.75. The second kappa shape index (κ2) is 2.48. The highest BCUT2D eigenvalue weighted by molar-refractivity contribution is 9.10. The van der Waals surface area contributed by atoms with Crippen LogP contribution >= 0.6 is 15.9 Å². The monoisotopic (exact) mass is 226 g/mol. The predicted molar refractivity (Wildman–Crippen MR) is 49.3 cm³/mol. The third kappa shape index (κ3) is 0.992. The molecule has 4 heteroatoms. The van der Waals surface area contributed by atoms with Gasteiger partial charge in [-0.3, -0.25) is 4.40 Å². The van der Waals surface area contributed by atoms with E-state index in [0.717, 1.165) is 15.9 Å². The minimum atomic E-state index is 0.246. The Morgan fingerprint density at radius 3 is 3.00 bits per heavy atom. The van der Waals surface area contributed by atoms with E-state index in [2.05, 4.69) is 20.9 Å². The molecule has 2 heterocycles. The van der Waals surface area contributed by atoms with Crippen LogP contribution in [0.5, 0.6) is 5.75 Å². The molecule has 0 fully saturated rings. The molecule has 12 heavy (non-hydrogen) atoms. The van der Waals surface area contributed by atoms with E-state index in [4.69, 9.17) is 0 Å². The van der Waals surface area contributed by atoms with Crippen molar-refractivity contribution in [2.45, 2.75) is 6.92 Å². The van der Waals surface area contributed by atoms with E-state index in [0.29, 0.717) is 0 Å². The highest BCUT2D eigenvalue weighted by atomic mass is 79.9. The van der Waals surface area contributed by atoms with Crippen LogP contribution in [0.4, 0.5) is 0 Å². The van der Waals surface area contributed by atoms with Crippen molar-refractivity contribution in [2.75, 3.05) is 0 Å². The molecular weight excluding hydrogens is 220 g/mol. The Bertz CT molecular complexity index is 436. The molecule has 0 saturated carbocycles. The number of nitrogens with zero attached hydrogens (tertiary/aromatic N) is 2. The topological polar surface area (TPSA) is 37.5 Å². The first kappa shape index (κ1) is 7.61. The fourth-order valence-electron chi connectivity index (χ4n) is 1.18. The maximum atomic E-state index is 9.20. The molecule has 2 aromatic rings. The molecule has 0 atom stereocenters. The molecule has 0 unspecified atom stereocenters. The number of halogens is 1. The van der Waals surface area contributed by atoms with E-state index in [1.807, 2.05) is 17.4 Å². The summed E-state index contributed by atoms with van der Waals surface area (Å²) < 4.78 is 2.64. The Labute approximate surface area is 77.8 Å². The number of pyridine rings is 1. The number of aromatic nitrogens is 2. The van der Waals surface area contributed by atoms with Crippen molar-refractivity contribution >= 4 is 21.4 Å². The summed E-state index contributed by atoms with van der Waals surface area (Å²) in [5.74, 6) is 1.10. The fourth-order valence-corrected chi connectivity index (χ4v) is 1.76. The normalized spacial score (nSPS) is 10.8. The van der Waals surface area contributed by atoms with Gasteiger partial charge in [0.05, 0.1) is 11.7 Å². The molecule has 0 aromatic carbocycles. The lowest BCUT2D eigenvalue weighted by molar-refractivity contribution is 0.471. The number of imidazole rings is 1. The molecule has 0 aliphatic rings. The number of hydrogen-bond acceptors (Lipinski definition) is 2. The Balaban J connectivity index is 2.90. The first-order valence-corrected chi connectivity index (χ1v) is 4.31. The maximum absolute atomic E-state index is 9.20. The summed E-state index contributed by atoms with van der Waals surface area (Å²) in [7, 11) is 0. The lowest BCUT2D eigenvalue weighted by Crippen LogP contribution is -1.85. The first-order chi connectivity index (χ1) is 5.68. The van der Waals surface area contributed by atoms with Gasteiger partial charge in [0.2, 0.25) is 0 Å². The molecular formula is C8H7BrN2O. The van der Waals surface area contributed by atoms with Crippen molar-refractivity contribution in [1.82, 2.24) is 9.38 Å². The summed E-state index contributed by atoms with van der Waals surface area (Å²) in [4.78, 5) is 4.20. The number of aryl methyl sites for hydroxylation is 1. The molecule has 0 radical (unpaired) electrons. The smallest absolute Gasteiger partial charge is 0.132 e. The van der Waals surface area contributed by atoms with Crippen LogP contribution in [0.15, 0.2) is 22.9 Å². The molecule has 0 saturated heterocycles. The summed E-state index contributed by atoms with van der Waals surface area (Å²) in [6.45, 7) is 1.89. The standard InChI is InChI=1S/C8H7BrN2O/c1-5-10-8(9)7-3-2-6(12)4-11(5)7/h2-4,12H,1H3. The van der Waals surface area contributed by atoms with Crippen molar-refractivity contribution in [2.24, 2.45) is 0 Å². The van der Waals surface area contributed by atoms with Gasteiger partial charge in [0.15, 0.2) is 0 Å². The van der Waals surface area contributed by atoms with Gasteiger partial charge in [-0.1, -0.05) is 0 Å². The van der Waals surface area contributed by atoms with Crippen LogP contribution in [0.1, 0.15) is 5.82 Å². The molecule has 0 spiro atoms. The summed E-state index contributed by atoms with van der Waals surface area (Å²) >= 11 is 3.33. The molecule has 0 aliphatic carbocycles. The van der Waals surface area contributed by atoms with E-state index in [-0.39, 0.29) is 5.75 Å². The van der Waals surface area contributed by atoms with Crippen LogP contribution in [-0.2, 0) is 0 Å². The average molecular weight is 227 g/mol. The van der Waals surface area contributed by atoms with Crippen LogP contribution in [0.2, 0.25) is 0 Å². The average Bonchev–Trinajstić information content (AvgIpc) is 2.28. The second-order valence-corrected chi connectivity index (χ2v) is 3.34. The number of aromatic hydroxyl groups is 1. The van der Waals surface area contributed by atoms with Crippen molar-refractivity contribution in [3.63, 3.8) is 0 Å². The van der Waals surface area contributed by atoms with Crippen molar-refractivity contribution in [1.29, 1.82) is 0 Å². The van der Waals surface area contributed by atoms with Gasteiger partial charge in [0, 0.05) is 0 Å². The lowest BCUT2D eigenvalue weighted by Gasteiger charge is -1.96. The summed E-state index contributed by atoms with van der Waals surface area (Å²) in [6, 6.07) is 3.46. The highest BCUT2D eigenvalue weighted by Gasteiger charge is 2.04. The highest BCUT2D eigenvalue weighted by Crippen LogP contribution is 2.20. The minimum Gasteiger partial charge on any atom is -0.506 e. The van der Waals surface area contributed by atoms with Crippen molar-refractivity contribution in [3.8, 4) is 5.75 Å². The first-order valence-electron chi connectivity index (χ1n) is 3.51. The molecule has 3 nitrogen and oxygen atoms in total. The van der Waals surface area contributed by atoms with Crippen LogP contribution < -0.4 is 0 Å². The van der Waals surface area contributed by atoms with Gasteiger partial charge < -0.3 is 5.11 Å². The van der Waals surface area contributed by atoms with Gasteiger partial charge >= 0.3 is 0 Å². The molecule has 2 rings (SSSR count). The van der Waals surface area contributed by atoms with E-state index >= 15 is 0 Å². The molecule has 2 aromatic heterocycles. The molecule has 0 aliphatic heterocycles. The van der Waals surface area contributed by atoms with E-state index in [9.17, 15) is 5.11 Å². The van der Waals surface area contributed by atoms with Crippen LogP contribution in [0.3, 0.4) is 0 Å². The fraction of sp³-hybridized carbons (Fsp3) is 0.125.